The number of hydrogen-bond donors (Lipinski definition) is 2. The number of carbonyl (C=O) groups is 1. The highest BCUT2D eigenvalue weighted by molar-refractivity contribution is 5.77. The Bertz CT molecular complexity index is 655. The molecule has 0 spiro atoms. The molecule has 1 amide bonds. The minimum absolute atomic E-state index is 0.435. The van der Waals surface area contributed by atoms with Gasteiger partial charge in [0.1, 0.15) is 0 Å². The normalized spacial score (nSPS) is 22.8. The van der Waals surface area contributed by atoms with Gasteiger partial charge in [-0.3, -0.25) is 0 Å². The van der Waals surface area contributed by atoms with Gasteiger partial charge in [-0.15, -0.1) is 0 Å². The number of nitriles is 1. The van der Waals surface area contributed by atoms with E-state index in [0.29, 0.717) is 23.9 Å². The predicted molar refractivity (Wildman–Crippen MR) is 93.2 cm³/mol. The zero-order valence-electron chi connectivity index (χ0n) is 14.0. The minimum atomic E-state index is -0.934. The van der Waals surface area contributed by atoms with E-state index in [1.165, 1.54) is 12.1 Å². The first-order valence-electron chi connectivity index (χ1n) is 8.54. The van der Waals surface area contributed by atoms with Crippen molar-refractivity contribution in [2.45, 2.75) is 25.7 Å². The fourth-order valence-corrected chi connectivity index (χ4v) is 4.03. The third-order valence-corrected chi connectivity index (χ3v) is 5.15. The van der Waals surface area contributed by atoms with Crippen LogP contribution >= 0.6 is 0 Å². The number of rotatable bonds is 4. The largest absolute Gasteiger partial charge is 0.465 e. The molecule has 1 aromatic carbocycles. The van der Waals surface area contributed by atoms with Crippen molar-refractivity contribution < 1.29 is 9.90 Å². The molecule has 0 saturated heterocycles. The Labute approximate surface area is 142 Å². The Balaban J connectivity index is 1.65. The smallest absolute Gasteiger partial charge is 0.404 e. The number of nitrogens with zero attached hydrogens (tertiary/aromatic N) is 3. The van der Waals surface area contributed by atoms with Crippen LogP contribution in [0.4, 0.5) is 16.2 Å². The highest BCUT2D eigenvalue weighted by Gasteiger charge is 2.29. The van der Waals surface area contributed by atoms with Gasteiger partial charge in [0.05, 0.1) is 29.7 Å². The fourth-order valence-electron chi connectivity index (χ4n) is 4.03. The Hall–Kier alpha value is -2.42. The first kappa shape index (κ1) is 16.4. The van der Waals surface area contributed by atoms with E-state index in [0.717, 1.165) is 38.2 Å². The zero-order chi connectivity index (χ0) is 17.1. The number of amides is 1. The summed E-state index contributed by atoms with van der Waals surface area (Å²) in [6.07, 6.45) is 3.58. The summed E-state index contributed by atoms with van der Waals surface area (Å²) in [7, 11) is 2.07. The molecule has 2 N–H and O–H groups in total. The van der Waals surface area contributed by atoms with E-state index in [2.05, 4.69) is 28.2 Å². The highest BCUT2D eigenvalue weighted by atomic mass is 16.4. The molecule has 3 rings (SSSR count). The summed E-state index contributed by atoms with van der Waals surface area (Å²) in [4.78, 5) is 15.3. The van der Waals surface area contributed by atoms with Crippen LogP contribution in [0.5, 0.6) is 0 Å². The summed E-state index contributed by atoms with van der Waals surface area (Å²) in [6.45, 7) is 2.37. The maximum Gasteiger partial charge on any atom is 0.404 e. The van der Waals surface area contributed by atoms with E-state index in [1.54, 1.807) is 0 Å². The van der Waals surface area contributed by atoms with Crippen molar-refractivity contribution >= 4 is 17.5 Å². The second-order valence-corrected chi connectivity index (χ2v) is 6.96. The first-order valence-corrected chi connectivity index (χ1v) is 8.54. The SMILES string of the molecule is CN1CN(C[C@H]2CCC[C@@H](CNC(=O)O)C2)c2cc(C#N)ccc21. The lowest BCUT2D eigenvalue weighted by molar-refractivity contribution is 0.187. The van der Waals surface area contributed by atoms with Gasteiger partial charge in [-0.25, -0.2) is 4.79 Å². The highest BCUT2D eigenvalue weighted by Crippen LogP contribution is 2.38. The number of nitrogens with one attached hydrogen (secondary N) is 1. The maximum atomic E-state index is 10.7. The van der Waals surface area contributed by atoms with Crippen LogP contribution in [0.3, 0.4) is 0 Å². The summed E-state index contributed by atoms with van der Waals surface area (Å²) >= 11 is 0. The average Bonchev–Trinajstić information content (AvgIpc) is 2.88. The van der Waals surface area contributed by atoms with E-state index in [1.807, 2.05) is 18.2 Å². The van der Waals surface area contributed by atoms with E-state index >= 15 is 0 Å². The molecule has 1 saturated carbocycles. The average molecular weight is 328 g/mol. The summed E-state index contributed by atoms with van der Waals surface area (Å²) < 4.78 is 0. The van der Waals surface area contributed by atoms with Crippen LogP contribution in [0.15, 0.2) is 18.2 Å². The summed E-state index contributed by atoms with van der Waals surface area (Å²) in [5, 5.41) is 20.4. The molecule has 1 aliphatic carbocycles. The molecule has 0 aromatic heterocycles. The molecular formula is C18H24N4O2. The summed E-state index contributed by atoms with van der Waals surface area (Å²) in [6, 6.07) is 8.09. The molecule has 1 aliphatic heterocycles. The third-order valence-electron chi connectivity index (χ3n) is 5.15. The Morgan fingerprint density at radius 2 is 2.17 bits per heavy atom. The van der Waals surface area contributed by atoms with Crippen molar-refractivity contribution in [3.63, 3.8) is 0 Å². The van der Waals surface area contributed by atoms with Crippen LogP contribution < -0.4 is 15.1 Å². The molecule has 128 valence electrons. The van der Waals surface area contributed by atoms with Crippen LogP contribution in [0.25, 0.3) is 0 Å². The van der Waals surface area contributed by atoms with Crippen molar-refractivity contribution in [1.82, 2.24) is 5.32 Å². The van der Waals surface area contributed by atoms with Crippen LogP contribution in [-0.4, -0.2) is 38.0 Å². The van der Waals surface area contributed by atoms with Gasteiger partial charge in [0.2, 0.25) is 0 Å². The molecule has 0 radical (unpaired) electrons. The predicted octanol–water partition coefficient (Wildman–Crippen LogP) is 2.85. The molecule has 0 unspecified atom stereocenters. The van der Waals surface area contributed by atoms with Gasteiger partial charge in [-0.1, -0.05) is 6.42 Å². The van der Waals surface area contributed by atoms with Crippen molar-refractivity contribution in [2.24, 2.45) is 11.8 Å². The number of anilines is 2. The topological polar surface area (TPSA) is 79.6 Å². The van der Waals surface area contributed by atoms with Gasteiger partial charge >= 0.3 is 6.09 Å². The molecule has 1 aromatic rings. The fraction of sp³-hybridized carbons (Fsp3) is 0.556. The molecule has 1 fully saturated rings. The van der Waals surface area contributed by atoms with E-state index in [9.17, 15) is 4.79 Å². The van der Waals surface area contributed by atoms with Crippen LogP contribution in [0, 0.1) is 23.2 Å². The van der Waals surface area contributed by atoms with Gasteiger partial charge in [-0.05, 0) is 49.3 Å². The van der Waals surface area contributed by atoms with Crippen molar-refractivity contribution in [1.29, 1.82) is 5.26 Å². The number of fused-ring (bicyclic) bond motifs is 1. The van der Waals surface area contributed by atoms with Gasteiger partial charge in [0.15, 0.2) is 0 Å². The lowest BCUT2D eigenvalue weighted by atomic mass is 9.81. The van der Waals surface area contributed by atoms with Gasteiger partial charge in [0, 0.05) is 20.1 Å². The third kappa shape index (κ3) is 3.56. The molecule has 6 heteroatoms. The van der Waals surface area contributed by atoms with Crippen molar-refractivity contribution in [3.8, 4) is 6.07 Å². The van der Waals surface area contributed by atoms with Gasteiger partial charge in [-0.2, -0.15) is 5.26 Å². The van der Waals surface area contributed by atoms with Crippen LogP contribution in [0.1, 0.15) is 31.2 Å². The molecule has 6 nitrogen and oxygen atoms in total. The van der Waals surface area contributed by atoms with Gasteiger partial charge < -0.3 is 20.2 Å². The quantitative estimate of drug-likeness (QED) is 0.888. The lowest BCUT2D eigenvalue weighted by Gasteiger charge is -2.32. The first-order chi connectivity index (χ1) is 11.6. The molecule has 24 heavy (non-hydrogen) atoms. The van der Waals surface area contributed by atoms with Crippen LogP contribution in [0.2, 0.25) is 0 Å². The molecule has 0 bridgehead atoms. The monoisotopic (exact) mass is 328 g/mol. The lowest BCUT2D eigenvalue weighted by Crippen LogP contribution is -2.36. The van der Waals surface area contributed by atoms with E-state index in [4.69, 9.17) is 10.4 Å². The van der Waals surface area contributed by atoms with E-state index in [-0.39, 0.29) is 0 Å². The summed E-state index contributed by atoms with van der Waals surface area (Å²) in [5.74, 6) is 1.01. The Morgan fingerprint density at radius 3 is 2.92 bits per heavy atom. The second-order valence-electron chi connectivity index (χ2n) is 6.96. The Morgan fingerprint density at radius 1 is 1.38 bits per heavy atom. The van der Waals surface area contributed by atoms with Crippen molar-refractivity contribution in [3.05, 3.63) is 23.8 Å². The minimum Gasteiger partial charge on any atom is -0.465 e. The molecular weight excluding hydrogens is 304 g/mol. The summed E-state index contributed by atoms with van der Waals surface area (Å²) in [5.41, 5.74) is 3.01. The standard InChI is InChI=1S/C18H24N4O2/c1-21-12-22(17-8-13(9-19)5-6-16(17)21)11-15-4-2-3-14(7-15)10-20-18(23)24/h5-6,8,14-15,20H,2-4,7,10-12H2,1H3,(H,23,24)/t14-,15+/m1/s1. The molecule has 2 aliphatic rings. The number of benzene rings is 1. The van der Waals surface area contributed by atoms with Crippen LogP contribution in [-0.2, 0) is 0 Å². The molecule has 2 atom stereocenters. The maximum absolute atomic E-state index is 10.7. The number of carboxylic acid groups (broad SMARTS) is 1. The number of hydrogen-bond acceptors (Lipinski definition) is 4. The zero-order valence-corrected chi connectivity index (χ0v) is 14.0. The molecule has 1 heterocycles. The Kier molecular flexibility index (Phi) is 4.79. The van der Waals surface area contributed by atoms with Gasteiger partial charge in [0.25, 0.3) is 0 Å². The second kappa shape index (κ2) is 7.00. The van der Waals surface area contributed by atoms with E-state index < -0.39 is 6.09 Å². The van der Waals surface area contributed by atoms with Crippen molar-refractivity contribution in [2.75, 3.05) is 36.6 Å².